The first-order valence-corrected chi connectivity index (χ1v) is 7.85. The summed E-state index contributed by atoms with van der Waals surface area (Å²) < 4.78 is 32.8. The minimum absolute atomic E-state index is 0.0300. The van der Waals surface area contributed by atoms with E-state index < -0.39 is 11.6 Å². The fourth-order valence-electron chi connectivity index (χ4n) is 2.13. The van der Waals surface area contributed by atoms with Crippen LogP contribution in [0.2, 0.25) is 0 Å². The molecule has 0 unspecified atom stereocenters. The summed E-state index contributed by atoms with van der Waals surface area (Å²) in [5.74, 6) is -1.85. The molecule has 0 aliphatic rings. The second-order valence-corrected chi connectivity index (χ2v) is 5.29. The average Bonchev–Trinajstić information content (AvgIpc) is 2.56. The Morgan fingerprint density at radius 3 is 2.57 bits per heavy atom. The van der Waals surface area contributed by atoms with Crippen LogP contribution in [-0.2, 0) is 6.54 Å². The highest BCUT2D eigenvalue weighted by atomic mass is 19.2. The lowest BCUT2D eigenvalue weighted by molar-refractivity contribution is 0.285. The zero-order chi connectivity index (χ0) is 16.5. The monoisotopic (exact) mass is 320 g/mol. The van der Waals surface area contributed by atoms with Gasteiger partial charge in [-0.25, -0.2) is 9.82 Å². The predicted molar refractivity (Wildman–Crippen MR) is 88.3 cm³/mol. The minimum Gasteiger partial charge on any atom is -0.490 e. The first kappa shape index (κ1) is 17.2. The Kier molecular flexibility index (Phi) is 6.81. The van der Waals surface area contributed by atoms with Crippen molar-refractivity contribution in [3.05, 3.63) is 59.7 Å². The number of unbranched alkanes of at least 4 members (excludes halogenated alkanes) is 2. The maximum atomic E-state index is 13.7. The van der Waals surface area contributed by atoms with Crippen molar-refractivity contribution in [2.45, 2.75) is 32.7 Å². The zero-order valence-electron chi connectivity index (χ0n) is 13.2. The quantitative estimate of drug-likeness (QED) is 0.521. The van der Waals surface area contributed by atoms with E-state index in [2.05, 4.69) is 17.8 Å². The molecule has 0 saturated heterocycles. The molecule has 0 amide bonds. The van der Waals surface area contributed by atoms with Gasteiger partial charge >= 0.3 is 0 Å². The van der Waals surface area contributed by atoms with E-state index in [-0.39, 0.29) is 5.75 Å². The lowest BCUT2D eigenvalue weighted by atomic mass is 10.2. The molecule has 5 heteroatoms. The van der Waals surface area contributed by atoms with Crippen molar-refractivity contribution in [2.24, 2.45) is 0 Å². The van der Waals surface area contributed by atoms with Gasteiger partial charge in [-0.2, -0.15) is 4.39 Å². The van der Waals surface area contributed by atoms with Crippen molar-refractivity contribution in [1.82, 2.24) is 5.43 Å². The first-order valence-electron chi connectivity index (χ1n) is 7.85. The van der Waals surface area contributed by atoms with E-state index >= 15 is 0 Å². The number of para-hydroxylation sites is 1. The molecule has 0 spiro atoms. The molecule has 2 aromatic rings. The summed E-state index contributed by atoms with van der Waals surface area (Å²) >= 11 is 0. The van der Waals surface area contributed by atoms with E-state index in [1.54, 1.807) is 0 Å². The fraction of sp³-hybridized carbons (Fsp3) is 0.333. The average molecular weight is 320 g/mol. The van der Waals surface area contributed by atoms with Crippen LogP contribution in [0.5, 0.6) is 5.75 Å². The Bertz CT molecular complexity index is 605. The molecule has 0 radical (unpaired) electrons. The van der Waals surface area contributed by atoms with Crippen LogP contribution in [0.15, 0.2) is 42.5 Å². The second kappa shape index (κ2) is 9.10. The third-order valence-electron chi connectivity index (χ3n) is 3.36. The Morgan fingerprint density at radius 2 is 1.83 bits per heavy atom. The van der Waals surface area contributed by atoms with Gasteiger partial charge in [0.25, 0.3) is 0 Å². The Morgan fingerprint density at radius 1 is 1.04 bits per heavy atom. The highest BCUT2D eigenvalue weighted by Gasteiger charge is 2.12. The van der Waals surface area contributed by atoms with Gasteiger partial charge in [-0.05, 0) is 36.2 Å². The summed E-state index contributed by atoms with van der Waals surface area (Å²) in [5, 5.41) is 0. The van der Waals surface area contributed by atoms with Crippen molar-refractivity contribution in [3.8, 4) is 5.75 Å². The third kappa shape index (κ3) is 5.53. The van der Waals surface area contributed by atoms with Gasteiger partial charge in [0.2, 0.25) is 5.82 Å². The summed E-state index contributed by atoms with van der Waals surface area (Å²) in [5.41, 5.74) is 7.48. The van der Waals surface area contributed by atoms with Crippen LogP contribution in [-0.4, -0.2) is 6.61 Å². The highest BCUT2D eigenvalue weighted by Crippen LogP contribution is 2.22. The van der Waals surface area contributed by atoms with Gasteiger partial charge in [0.05, 0.1) is 6.61 Å². The summed E-state index contributed by atoms with van der Waals surface area (Å²) in [6.45, 7) is 2.81. The lowest BCUT2D eigenvalue weighted by Gasteiger charge is -2.12. The third-order valence-corrected chi connectivity index (χ3v) is 3.36. The SMILES string of the molecule is CCCCCOc1cc(CNNc2ccccc2)cc(F)c1F. The maximum absolute atomic E-state index is 13.7. The highest BCUT2D eigenvalue weighted by molar-refractivity contribution is 5.41. The number of halogens is 2. The van der Waals surface area contributed by atoms with Gasteiger partial charge in [0, 0.05) is 12.2 Å². The summed E-state index contributed by atoms with van der Waals surface area (Å²) in [6.07, 6.45) is 2.89. The second-order valence-electron chi connectivity index (χ2n) is 5.29. The molecule has 0 aliphatic carbocycles. The van der Waals surface area contributed by atoms with Crippen LogP contribution in [0.25, 0.3) is 0 Å². The largest absolute Gasteiger partial charge is 0.490 e. The standard InChI is InChI=1S/C18H22F2N2O/c1-2-3-7-10-23-17-12-14(11-16(19)18(17)20)13-21-22-15-8-5-4-6-9-15/h4-6,8-9,11-12,21-22H,2-3,7,10,13H2,1H3. The van der Waals surface area contributed by atoms with E-state index in [9.17, 15) is 8.78 Å². The summed E-state index contributed by atoms with van der Waals surface area (Å²) in [7, 11) is 0. The smallest absolute Gasteiger partial charge is 0.200 e. The minimum atomic E-state index is -0.929. The molecule has 2 aromatic carbocycles. The van der Waals surface area contributed by atoms with Crippen molar-refractivity contribution >= 4 is 5.69 Å². The van der Waals surface area contributed by atoms with Gasteiger partial charge in [-0.1, -0.05) is 38.0 Å². The van der Waals surface area contributed by atoms with Crippen molar-refractivity contribution in [3.63, 3.8) is 0 Å². The molecule has 2 N–H and O–H groups in total. The number of rotatable bonds is 9. The number of ether oxygens (including phenoxy) is 1. The van der Waals surface area contributed by atoms with Gasteiger partial charge in [0.15, 0.2) is 11.6 Å². The molecular weight excluding hydrogens is 298 g/mol. The number of hydrogen-bond donors (Lipinski definition) is 2. The Labute approximate surface area is 135 Å². The zero-order valence-corrected chi connectivity index (χ0v) is 13.2. The van der Waals surface area contributed by atoms with Gasteiger partial charge < -0.3 is 10.2 Å². The Hall–Kier alpha value is -2.14. The molecule has 0 fully saturated rings. The molecule has 0 heterocycles. The molecule has 0 saturated carbocycles. The van der Waals surface area contributed by atoms with E-state index in [0.29, 0.717) is 18.7 Å². The Balaban J connectivity index is 1.92. The van der Waals surface area contributed by atoms with Crippen molar-refractivity contribution in [1.29, 1.82) is 0 Å². The number of benzene rings is 2. The van der Waals surface area contributed by atoms with E-state index in [1.807, 2.05) is 30.3 Å². The van der Waals surface area contributed by atoms with E-state index in [4.69, 9.17) is 4.74 Å². The van der Waals surface area contributed by atoms with Gasteiger partial charge in [-0.3, -0.25) is 0 Å². The fourth-order valence-corrected chi connectivity index (χ4v) is 2.13. The molecule has 23 heavy (non-hydrogen) atoms. The van der Waals surface area contributed by atoms with E-state index in [0.717, 1.165) is 24.9 Å². The van der Waals surface area contributed by atoms with Crippen LogP contribution in [0.3, 0.4) is 0 Å². The molecule has 2 rings (SSSR count). The number of hydrogen-bond acceptors (Lipinski definition) is 3. The van der Waals surface area contributed by atoms with E-state index in [1.165, 1.54) is 12.1 Å². The topological polar surface area (TPSA) is 33.3 Å². The van der Waals surface area contributed by atoms with Crippen molar-refractivity contribution in [2.75, 3.05) is 12.0 Å². The summed E-state index contributed by atoms with van der Waals surface area (Å²) in [6, 6.07) is 12.2. The molecule has 0 aliphatic heterocycles. The van der Waals surface area contributed by atoms with Gasteiger partial charge in [0.1, 0.15) is 0 Å². The number of hydrazine groups is 1. The molecule has 0 bridgehead atoms. The maximum Gasteiger partial charge on any atom is 0.200 e. The number of anilines is 1. The van der Waals surface area contributed by atoms with Crippen LogP contribution in [0.4, 0.5) is 14.5 Å². The molecule has 3 nitrogen and oxygen atoms in total. The molecule has 0 aromatic heterocycles. The lowest BCUT2D eigenvalue weighted by Crippen LogP contribution is -2.21. The normalized spacial score (nSPS) is 10.6. The molecular formula is C18H22F2N2O. The summed E-state index contributed by atoms with van der Waals surface area (Å²) in [4.78, 5) is 0. The van der Waals surface area contributed by atoms with Crippen LogP contribution in [0, 0.1) is 11.6 Å². The van der Waals surface area contributed by atoms with Gasteiger partial charge in [-0.15, -0.1) is 0 Å². The van der Waals surface area contributed by atoms with Crippen molar-refractivity contribution < 1.29 is 13.5 Å². The number of nitrogens with one attached hydrogen (secondary N) is 2. The molecule has 124 valence electrons. The first-order chi connectivity index (χ1) is 11.2. The molecule has 0 atom stereocenters. The van der Waals surface area contributed by atoms with Crippen LogP contribution < -0.4 is 15.6 Å². The van der Waals surface area contributed by atoms with Crippen LogP contribution in [0.1, 0.15) is 31.7 Å². The predicted octanol–water partition coefficient (Wildman–Crippen LogP) is 4.65. The van der Waals surface area contributed by atoms with Crippen LogP contribution >= 0.6 is 0 Å².